The van der Waals surface area contributed by atoms with Gasteiger partial charge in [0.05, 0.1) is 5.75 Å². The quantitative estimate of drug-likeness (QED) is 0.527. The van der Waals surface area contributed by atoms with Crippen molar-refractivity contribution in [3.05, 3.63) is 0 Å². The van der Waals surface area contributed by atoms with Gasteiger partial charge in [-0.3, -0.25) is 0 Å². The van der Waals surface area contributed by atoms with Crippen LogP contribution in [0.15, 0.2) is 0 Å². The number of aliphatic carboxylic acids is 1. The molecule has 0 saturated carbocycles. The number of carbonyl (C=O) groups is 2. The Hall–Kier alpha value is -1.35. The van der Waals surface area contributed by atoms with Gasteiger partial charge < -0.3 is 20.6 Å². The molecule has 0 fully saturated rings. The third-order valence-electron chi connectivity index (χ3n) is 3.01. The van der Waals surface area contributed by atoms with Gasteiger partial charge in [0.25, 0.3) is 0 Å². The zero-order valence-corrected chi connectivity index (χ0v) is 13.7. The van der Waals surface area contributed by atoms with Gasteiger partial charge in [-0.05, 0) is 27.3 Å². The fraction of sp³-hybridized carbons (Fsp3) is 0.833. The van der Waals surface area contributed by atoms with Crippen molar-refractivity contribution < 1.29 is 23.1 Å². The summed E-state index contributed by atoms with van der Waals surface area (Å²) in [7, 11) is -1.35. The van der Waals surface area contributed by atoms with Gasteiger partial charge in [0, 0.05) is 25.4 Å². The number of nitrogens with zero attached hydrogens (tertiary/aromatic N) is 1. The number of rotatable bonds is 9. The molecule has 1 unspecified atom stereocenters. The van der Waals surface area contributed by atoms with Crippen LogP contribution in [0.4, 0.5) is 4.79 Å². The van der Waals surface area contributed by atoms with Crippen molar-refractivity contribution in [2.75, 3.05) is 32.1 Å². The van der Waals surface area contributed by atoms with Crippen LogP contribution in [-0.2, 0) is 14.6 Å². The second-order valence-corrected chi connectivity index (χ2v) is 7.54. The maximum Gasteiger partial charge on any atom is 0.326 e. The van der Waals surface area contributed by atoms with Crippen molar-refractivity contribution >= 4 is 21.8 Å². The van der Waals surface area contributed by atoms with E-state index in [-0.39, 0.29) is 12.2 Å². The second-order valence-electron chi connectivity index (χ2n) is 5.28. The Balaban J connectivity index is 4.21. The van der Waals surface area contributed by atoms with Gasteiger partial charge in [-0.15, -0.1) is 0 Å². The molecule has 1 atom stereocenters. The summed E-state index contributed by atoms with van der Waals surface area (Å²) < 4.78 is 22.1. The van der Waals surface area contributed by atoms with Crippen molar-refractivity contribution in [1.82, 2.24) is 15.5 Å². The summed E-state index contributed by atoms with van der Waals surface area (Å²) in [4.78, 5) is 24.6. The summed E-state index contributed by atoms with van der Waals surface area (Å²) in [6.45, 7) is 5.04. The molecule has 2 amide bonds. The monoisotopic (exact) mass is 323 g/mol. The van der Waals surface area contributed by atoms with Crippen LogP contribution in [0.3, 0.4) is 0 Å². The van der Waals surface area contributed by atoms with Crippen LogP contribution in [0.5, 0.6) is 0 Å². The standard InChI is InChI=1S/C12H25N3O5S/c1-9(2)15(3)7-6-13-12(18)14-10(11(16)17)5-8-21(4,19)20/h9-10H,5-8H2,1-4H3,(H,16,17)(H2,13,14,18). The number of amides is 2. The number of carboxylic acids is 1. The minimum absolute atomic E-state index is 0.159. The van der Waals surface area contributed by atoms with Gasteiger partial charge >= 0.3 is 12.0 Å². The molecule has 9 heteroatoms. The molecular formula is C12H25N3O5S. The minimum atomic E-state index is -3.27. The number of likely N-dealkylation sites (N-methyl/N-ethyl adjacent to an activating group) is 1. The zero-order chi connectivity index (χ0) is 16.6. The van der Waals surface area contributed by atoms with Crippen LogP contribution in [0.1, 0.15) is 20.3 Å². The molecule has 0 heterocycles. The van der Waals surface area contributed by atoms with E-state index in [1.807, 2.05) is 25.8 Å². The van der Waals surface area contributed by atoms with Crippen LogP contribution in [0, 0.1) is 0 Å². The summed E-state index contributed by atoms with van der Waals surface area (Å²) in [6, 6.07) is -1.49. The molecule has 0 aromatic rings. The fourth-order valence-corrected chi connectivity index (χ4v) is 2.07. The molecule has 124 valence electrons. The number of nitrogens with one attached hydrogen (secondary N) is 2. The molecule has 0 bridgehead atoms. The average molecular weight is 323 g/mol. The highest BCUT2D eigenvalue weighted by Gasteiger charge is 2.21. The van der Waals surface area contributed by atoms with E-state index in [1.54, 1.807) is 0 Å². The Morgan fingerprint density at radius 1 is 1.29 bits per heavy atom. The molecule has 0 aromatic carbocycles. The molecular weight excluding hydrogens is 298 g/mol. The molecule has 0 rings (SSSR count). The van der Waals surface area contributed by atoms with E-state index in [2.05, 4.69) is 10.6 Å². The Bertz CT molecular complexity index is 450. The zero-order valence-electron chi connectivity index (χ0n) is 12.9. The third kappa shape index (κ3) is 10.1. The highest BCUT2D eigenvalue weighted by molar-refractivity contribution is 7.90. The summed E-state index contributed by atoms with van der Waals surface area (Å²) in [5.74, 6) is -1.55. The lowest BCUT2D eigenvalue weighted by Gasteiger charge is -2.21. The first kappa shape index (κ1) is 19.7. The predicted octanol–water partition coefficient (Wildman–Crippen LogP) is -0.486. The highest BCUT2D eigenvalue weighted by atomic mass is 32.2. The van der Waals surface area contributed by atoms with E-state index in [0.717, 1.165) is 6.26 Å². The van der Waals surface area contributed by atoms with E-state index >= 15 is 0 Å². The largest absolute Gasteiger partial charge is 0.480 e. The lowest BCUT2D eigenvalue weighted by Crippen LogP contribution is -2.48. The first-order valence-electron chi connectivity index (χ1n) is 6.68. The summed E-state index contributed by atoms with van der Waals surface area (Å²) in [6.07, 6.45) is 0.862. The minimum Gasteiger partial charge on any atom is -0.480 e. The molecule has 0 aliphatic carbocycles. The predicted molar refractivity (Wildman–Crippen MR) is 80.1 cm³/mol. The molecule has 0 aromatic heterocycles. The van der Waals surface area contributed by atoms with E-state index in [1.165, 1.54) is 0 Å². The Morgan fingerprint density at radius 2 is 1.86 bits per heavy atom. The molecule has 3 N–H and O–H groups in total. The molecule has 0 spiro atoms. The highest BCUT2D eigenvalue weighted by Crippen LogP contribution is 1.97. The van der Waals surface area contributed by atoms with Crippen molar-refractivity contribution in [2.45, 2.75) is 32.4 Å². The van der Waals surface area contributed by atoms with Crippen molar-refractivity contribution in [1.29, 1.82) is 0 Å². The van der Waals surface area contributed by atoms with Crippen LogP contribution in [0.25, 0.3) is 0 Å². The molecule has 21 heavy (non-hydrogen) atoms. The SMILES string of the molecule is CC(C)N(C)CCNC(=O)NC(CCS(C)(=O)=O)C(=O)O. The number of hydrogen-bond donors (Lipinski definition) is 3. The first-order valence-corrected chi connectivity index (χ1v) is 8.74. The van der Waals surface area contributed by atoms with Gasteiger partial charge in [-0.1, -0.05) is 0 Å². The maximum atomic E-state index is 11.6. The van der Waals surface area contributed by atoms with Crippen LogP contribution in [0.2, 0.25) is 0 Å². The summed E-state index contributed by atoms with van der Waals surface area (Å²) in [5.41, 5.74) is 0. The number of carboxylic acid groups (broad SMARTS) is 1. The molecule has 0 aliphatic heterocycles. The first-order chi connectivity index (χ1) is 9.53. The lowest BCUT2D eigenvalue weighted by molar-refractivity contribution is -0.139. The van der Waals surface area contributed by atoms with Gasteiger partial charge in [0.15, 0.2) is 0 Å². The van der Waals surface area contributed by atoms with E-state index in [0.29, 0.717) is 19.1 Å². The van der Waals surface area contributed by atoms with Crippen LogP contribution < -0.4 is 10.6 Å². The van der Waals surface area contributed by atoms with Crippen molar-refractivity contribution in [3.63, 3.8) is 0 Å². The van der Waals surface area contributed by atoms with Crippen molar-refractivity contribution in [3.8, 4) is 0 Å². The van der Waals surface area contributed by atoms with E-state index < -0.39 is 27.9 Å². The molecule has 8 nitrogen and oxygen atoms in total. The number of carbonyl (C=O) groups excluding carboxylic acids is 1. The lowest BCUT2D eigenvalue weighted by atomic mass is 10.2. The van der Waals surface area contributed by atoms with Crippen LogP contribution in [-0.4, -0.2) is 74.7 Å². The van der Waals surface area contributed by atoms with Gasteiger partial charge in [0.2, 0.25) is 0 Å². The van der Waals surface area contributed by atoms with E-state index in [4.69, 9.17) is 5.11 Å². The second kappa shape index (κ2) is 8.83. The van der Waals surface area contributed by atoms with Crippen molar-refractivity contribution in [2.24, 2.45) is 0 Å². The summed E-state index contributed by atoms with van der Waals surface area (Å²) in [5, 5.41) is 13.8. The van der Waals surface area contributed by atoms with Gasteiger partial charge in [-0.2, -0.15) is 0 Å². The normalized spacial score (nSPS) is 13.2. The molecule has 0 saturated heterocycles. The summed E-state index contributed by atoms with van der Waals surface area (Å²) >= 11 is 0. The Kier molecular flexibility index (Phi) is 8.26. The van der Waals surface area contributed by atoms with E-state index in [9.17, 15) is 18.0 Å². The molecule has 0 radical (unpaired) electrons. The van der Waals surface area contributed by atoms with Gasteiger partial charge in [0.1, 0.15) is 15.9 Å². The topological polar surface area (TPSA) is 116 Å². The average Bonchev–Trinajstić information content (AvgIpc) is 2.32. The number of sulfone groups is 1. The number of hydrogen-bond acceptors (Lipinski definition) is 5. The Morgan fingerprint density at radius 3 is 2.29 bits per heavy atom. The smallest absolute Gasteiger partial charge is 0.326 e. The third-order valence-corrected chi connectivity index (χ3v) is 3.99. The fourth-order valence-electron chi connectivity index (χ4n) is 1.40. The van der Waals surface area contributed by atoms with Gasteiger partial charge in [-0.25, -0.2) is 18.0 Å². The maximum absolute atomic E-state index is 11.6. The van der Waals surface area contributed by atoms with Crippen LogP contribution >= 0.6 is 0 Å². The Labute approximate surface area is 125 Å². The molecule has 0 aliphatic rings. The number of urea groups is 1.